The van der Waals surface area contributed by atoms with Crippen molar-refractivity contribution >= 4 is 39.4 Å². The summed E-state index contributed by atoms with van der Waals surface area (Å²) >= 11 is 1.32. The highest BCUT2D eigenvalue weighted by molar-refractivity contribution is 7.14. The van der Waals surface area contributed by atoms with Crippen LogP contribution in [0.3, 0.4) is 0 Å². The van der Waals surface area contributed by atoms with E-state index in [0.717, 1.165) is 22.3 Å². The molecule has 2 aromatic heterocycles. The van der Waals surface area contributed by atoms with E-state index in [2.05, 4.69) is 20.3 Å². The number of imidazole rings is 1. The van der Waals surface area contributed by atoms with Crippen molar-refractivity contribution in [2.24, 2.45) is 0 Å². The third-order valence-corrected chi connectivity index (χ3v) is 5.13. The third-order valence-electron chi connectivity index (χ3n) is 4.37. The van der Waals surface area contributed by atoms with Crippen molar-refractivity contribution in [1.82, 2.24) is 15.0 Å². The molecular formula is C21H18N4O3S. The van der Waals surface area contributed by atoms with Crippen LogP contribution in [-0.2, 0) is 9.53 Å². The van der Waals surface area contributed by atoms with E-state index in [0.29, 0.717) is 17.1 Å². The van der Waals surface area contributed by atoms with Crippen LogP contribution in [0.4, 0.5) is 5.13 Å². The molecule has 0 fully saturated rings. The lowest BCUT2D eigenvalue weighted by Gasteiger charge is -2.15. The first-order valence-electron chi connectivity index (χ1n) is 9.10. The van der Waals surface area contributed by atoms with Crippen molar-refractivity contribution in [2.45, 2.75) is 19.4 Å². The number of benzene rings is 2. The maximum atomic E-state index is 12.6. The molecule has 8 heteroatoms. The molecule has 0 radical (unpaired) electrons. The molecule has 1 unspecified atom stereocenters. The first-order chi connectivity index (χ1) is 14.1. The fourth-order valence-electron chi connectivity index (χ4n) is 2.84. The molecule has 2 N–H and O–H groups in total. The number of nitrogens with zero attached hydrogens (tertiary/aromatic N) is 2. The summed E-state index contributed by atoms with van der Waals surface area (Å²) in [6, 6.07) is 14.7. The number of nitrogens with one attached hydrogen (secondary N) is 2. The summed E-state index contributed by atoms with van der Waals surface area (Å²) in [5, 5.41) is 5.07. The van der Waals surface area contributed by atoms with Gasteiger partial charge in [0, 0.05) is 10.9 Å². The van der Waals surface area contributed by atoms with Gasteiger partial charge in [0.2, 0.25) is 0 Å². The van der Waals surface area contributed by atoms with Gasteiger partial charge in [-0.15, -0.1) is 11.3 Å². The molecular weight excluding hydrogens is 388 g/mol. The molecule has 0 saturated carbocycles. The lowest BCUT2D eigenvalue weighted by Crippen LogP contribution is -2.32. The molecule has 4 rings (SSSR count). The molecule has 0 aliphatic heterocycles. The Morgan fingerprint density at radius 1 is 1.21 bits per heavy atom. The largest absolute Gasteiger partial charge is 0.449 e. The zero-order valence-electron chi connectivity index (χ0n) is 15.6. The van der Waals surface area contributed by atoms with E-state index in [4.69, 9.17) is 4.74 Å². The summed E-state index contributed by atoms with van der Waals surface area (Å²) in [7, 11) is 0. The second-order valence-corrected chi connectivity index (χ2v) is 7.19. The molecule has 4 aromatic rings. The van der Waals surface area contributed by atoms with Gasteiger partial charge >= 0.3 is 5.97 Å². The van der Waals surface area contributed by atoms with Crippen molar-refractivity contribution in [3.05, 3.63) is 65.8 Å². The van der Waals surface area contributed by atoms with Crippen LogP contribution in [0.2, 0.25) is 0 Å². The minimum absolute atomic E-state index is 0.348. The summed E-state index contributed by atoms with van der Waals surface area (Å²) in [5.41, 5.74) is 3.59. The van der Waals surface area contributed by atoms with Crippen molar-refractivity contribution < 1.29 is 14.3 Å². The Hall–Kier alpha value is -3.52. The average molecular weight is 406 g/mol. The van der Waals surface area contributed by atoms with Crippen LogP contribution in [0.25, 0.3) is 22.3 Å². The van der Waals surface area contributed by atoms with Crippen LogP contribution in [0.15, 0.2) is 60.2 Å². The zero-order chi connectivity index (χ0) is 20.2. The van der Waals surface area contributed by atoms with Gasteiger partial charge in [-0.05, 0) is 24.6 Å². The number of aromatic amines is 1. The molecule has 0 aliphatic carbocycles. The number of H-pyrrole nitrogens is 1. The molecule has 0 saturated heterocycles. The minimum Gasteiger partial charge on any atom is -0.449 e. The molecule has 2 heterocycles. The predicted molar refractivity (Wildman–Crippen MR) is 112 cm³/mol. The van der Waals surface area contributed by atoms with Gasteiger partial charge in [-0.2, -0.15) is 0 Å². The Bertz CT molecular complexity index is 1150. The van der Waals surface area contributed by atoms with Crippen LogP contribution < -0.4 is 5.32 Å². The first kappa shape index (κ1) is 18.8. The highest BCUT2D eigenvalue weighted by atomic mass is 32.1. The molecule has 146 valence electrons. The highest BCUT2D eigenvalue weighted by Crippen LogP contribution is 2.25. The van der Waals surface area contributed by atoms with Crippen LogP contribution in [0, 0.1) is 0 Å². The maximum Gasteiger partial charge on any atom is 0.338 e. The highest BCUT2D eigenvalue weighted by Gasteiger charge is 2.23. The number of thiazole rings is 1. The summed E-state index contributed by atoms with van der Waals surface area (Å²) in [5.74, 6) is -0.968. The third kappa shape index (κ3) is 4.17. The molecule has 7 nitrogen and oxygen atoms in total. The number of esters is 1. The Balaban J connectivity index is 1.43. The molecule has 0 spiro atoms. The number of carbonyl (C=O) groups is 2. The van der Waals surface area contributed by atoms with E-state index < -0.39 is 18.0 Å². The van der Waals surface area contributed by atoms with Crippen molar-refractivity contribution in [3.63, 3.8) is 0 Å². The first-order valence-corrected chi connectivity index (χ1v) is 9.98. The van der Waals surface area contributed by atoms with Crippen molar-refractivity contribution in [1.29, 1.82) is 0 Å². The number of anilines is 1. The van der Waals surface area contributed by atoms with E-state index >= 15 is 0 Å². The zero-order valence-corrected chi connectivity index (χ0v) is 16.4. The van der Waals surface area contributed by atoms with Gasteiger partial charge in [-0.3, -0.25) is 10.1 Å². The van der Waals surface area contributed by atoms with Crippen molar-refractivity contribution in [2.75, 3.05) is 5.32 Å². The summed E-state index contributed by atoms with van der Waals surface area (Å²) in [6.07, 6.45) is 0.990. The second kappa shape index (κ2) is 8.24. The fraction of sp³-hybridized carbons (Fsp3) is 0.143. The molecule has 0 aliphatic rings. The Kier molecular flexibility index (Phi) is 5.35. The van der Waals surface area contributed by atoms with Gasteiger partial charge in [0.25, 0.3) is 5.91 Å². The van der Waals surface area contributed by atoms with E-state index in [1.165, 1.54) is 11.3 Å². The second-order valence-electron chi connectivity index (χ2n) is 6.33. The number of ether oxygens (including phenoxy) is 1. The smallest absolute Gasteiger partial charge is 0.338 e. The van der Waals surface area contributed by atoms with Crippen LogP contribution in [-0.4, -0.2) is 32.9 Å². The molecule has 2 aromatic carbocycles. The molecule has 29 heavy (non-hydrogen) atoms. The molecule has 1 atom stereocenters. The SMILES string of the molecule is CCC(OC(=O)c1ccc2nc[nH]c2c1)C(=O)Nc1nc(-c2ccccc2)cs1. The van der Waals surface area contributed by atoms with Gasteiger partial charge in [0.1, 0.15) is 0 Å². The number of aromatic nitrogens is 3. The Morgan fingerprint density at radius 2 is 2.03 bits per heavy atom. The van der Waals surface area contributed by atoms with Gasteiger partial charge < -0.3 is 9.72 Å². The monoisotopic (exact) mass is 406 g/mol. The number of rotatable bonds is 6. The normalized spacial score (nSPS) is 11.9. The molecule has 0 bridgehead atoms. The lowest BCUT2D eigenvalue weighted by molar-refractivity contribution is -0.124. The van der Waals surface area contributed by atoms with E-state index in [1.807, 2.05) is 35.7 Å². The van der Waals surface area contributed by atoms with Gasteiger partial charge in [-0.25, -0.2) is 14.8 Å². The number of hydrogen-bond acceptors (Lipinski definition) is 6. The van der Waals surface area contributed by atoms with Crippen LogP contribution >= 0.6 is 11.3 Å². The van der Waals surface area contributed by atoms with Gasteiger partial charge in [-0.1, -0.05) is 37.3 Å². The van der Waals surface area contributed by atoms with Gasteiger partial charge in [0.05, 0.1) is 28.6 Å². The van der Waals surface area contributed by atoms with E-state index in [9.17, 15) is 9.59 Å². The quantitative estimate of drug-likeness (QED) is 0.466. The molecule has 1 amide bonds. The number of amides is 1. The number of hydrogen-bond donors (Lipinski definition) is 2. The standard InChI is InChI=1S/C21H18N4O3S/c1-2-18(28-20(27)14-8-9-15-16(10-14)23-12-22-15)19(26)25-21-24-17(11-29-21)13-6-4-3-5-7-13/h3-12,18H,2H2,1H3,(H,22,23)(H,24,25,26). The maximum absolute atomic E-state index is 12.6. The predicted octanol–water partition coefficient (Wildman–Crippen LogP) is 4.26. The van der Waals surface area contributed by atoms with Crippen LogP contribution in [0.1, 0.15) is 23.7 Å². The lowest BCUT2D eigenvalue weighted by atomic mass is 10.2. The van der Waals surface area contributed by atoms with Crippen LogP contribution in [0.5, 0.6) is 0 Å². The summed E-state index contributed by atoms with van der Waals surface area (Å²) < 4.78 is 5.43. The van der Waals surface area contributed by atoms with Gasteiger partial charge in [0.15, 0.2) is 11.2 Å². The fourth-order valence-corrected chi connectivity index (χ4v) is 3.56. The number of carbonyl (C=O) groups excluding carboxylic acids is 2. The van der Waals surface area contributed by atoms with E-state index in [-0.39, 0.29) is 0 Å². The minimum atomic E-state index is -0.913. The Morgan fingerprint density at radius 3 is 2.83 bits per heavy atom. The Labute approximate surface area is 170 Å². The average Bonchev–Trinajstić information content (AvgIpc) is 3.41. The summed E-state index contributed by atoms with van der Waals surface area (Å²) in [4.78, 5) is 36.6. The summed E-state index contributed by atoms with van der Waals surface area (Å²) in [6.45, 7) is 1.78. The number of fused-ring (bicyclic) bond motifs is 1. The van der Waals surface area contributed by atoms with Crippen molar-refractivity contribution in [3.8, 4) is 11.3 Å². The topological polar surface area (TPSA) is 97.0 Å². The van der Waals surface area contributed by atoms with E-state index in [1.54, 1.807) is 31.5 Å².